The van der Waals surface area contributed by atoms with Crippen LogP contribution in [-0.2, 0) is 4.79 Å². The van der Waals surface area contributed by atoms with E-state index in [0.29, 0.717) is 16.0 Å². The molecule has 0 atom stereocenters. The van der Waals surface area contributed by atoms with Gasteiger partial charge in [0.1, 0.15) is 5.75 Å². The van der Waals surface area contributed by atoms with Gasteiger partial charge < -0.3 is 15.3 Å². The second-order valence-electron chi connectivity index (χ2n) is 5.05. The summed E-state index contributed by atoms with van der Waals surface area (Å²) in [5.41, 5.74) is 1.00. The first-order chi connectivity index (χ1) is 12.0. The number of rotatable bonds is 3. The van der Waals surface area contributed by atoms with Gasteiger partial charge in [-0.15, -0.1) is 0 Å². The van der Waals surface area contributed by atoms with Gasteiger partial charge in [-0.2, -0.15) is 10.1 Å². The molecule has 0 aliphatic carbocycles. The van der Waals surface area contributed by atoms with Crippen LogP contribution in [0.5, 0.6) is 17.2 Å². The second-order valence-corrected chi connectivity index (χ2v) is 6.72. The van der Waals surface area contributed by atoms with E-state index in [1.807, 2.05) is 0 Å². The van der Waals surface area contributed by atoms with Gasteiger partial charge >= 0.3 is 0 Å². The molecule has 0 unspecified atom stereocenters. The molecule has 6 nitrogen and oxygen atoms in total. The van der Waals surface area contributed by atoms with Crippen molar-refractivity contribution in [3.8, 4) is 17.2 Å². The Hall–Kier alpha value is -2.84. The molecular formula is C17H12N2O4S2. The van der Waals surface area contributed by atoms with Gasteiger partial charge in [-0.05, 0) is 48.1 Å². The van der Waals surface area contributed by atoms with E-state index in [0.717, 1.165) is 16.8 Å². The first kappa shape index (κ1) is 17.0. The maximum Gasteiger partial charge on any atom is 0.286 e. The summed E-state index contributed by atoms with van der Waals surface area (Å²) in [6.07, 6.45) is 2.91. The molecule has 2 aromatic carbocycles. The van der Waals surface area contributed by atoms with Crippen LogP contribution in [-0.4, -0.2) is 36.8 Å². The maximum atomic E-state index is 12.4. The molecule has 1 heterocycles. The summed E-state index contributed by atoms with van der Waals surface area (Å²) in [5, 5.41) is 33.7. The SMILES string of the molecule is O=C1/C(=C\c2ccc(O)c(O)c2)SC(=S)N1/N=C/c1ccccc1O. The van der Waals surface area contributed by atoms with Crippen molar-refractivity contribution in [2.45, 2.75) is 0 Å². The second kappa shape index (κ2) is 6.96. The fourth-order valence-electron chi connectivity index (χ4n) is 2.06. The van der Waals surface area contributed by atoms with Gasteiger partial charge in [0.05, 0.1) is 11.1 Å². The summed E-state index contributed by atoms with van der Waals surface area (Å²) < 4.78 is 0.255. The lowest BCUT2D eigenvalue weighted by Gasteiger charge is -2.06. The lowest BCUT2D eigenvalue weighted by Crippen LogP contribution is -2.22. The number of hydrazone groups is 1. The molecule has 1 saturated heterocycles. The number of hydrogen-bond acceptors (Lipinski definition) is 7. The fourth-order valence-corrected chi connectivity index (χ4v) is 3.23. The Labute approximate surface area is 152 Å². The third-order valence-electron chi connectivity index (χ3n) is 3.32. The highest BCUT2D eigenvalue weighted by Crippen LogP contribution is 2.34. The average molecular weight is 372 g/mol. The van der Waals surface area contributed by atoms with E-state index in [9.17, 15) is 20.1 Å². The monoisotopic (exact) mass is 372 g/mol. The van der Waals surface area contributed by atoms with Crippen molar-refractivity contribution in [2.24, 2.45) is 5.10 Å². The van der Waals surface area contributed by atoms with Crippen molar-refractivity contribution in [3.63, 3.8) is 0 Å². The van der Waals surface area contributed by atoms with E-state index in [1.165, 1.54) is 24.4 Å². The zero-order valence-electron chi connectivity index (χ0n) is 12.7. The smallest absolute Gasteiger partial charge is 0.286 e. The third-order valence-corrected chi connectivity index (χ3v) is 4.60. The number of thioether (sulfide) groups is 1. The van der Waals surface area contributed by atoms with Gasteiger partial charge in [-0.1, -0.05) is 30.0 Å². The van der Waals surface area contributed by atoms with Crippen molar-refractivity contribution in [3.05, 3.63) is 58.5 Å². The van der Waals surface area contributed by atoms with Gasteiger partial charge in [-0.3, -0.25) is 4.79 Å². The first-order valence-electron chi connectivity index (χ1n) is 7.07. The summed E-state index contributed by atoms with van der Waals surface area (Å²) >= 11 is 6.24. The molecule has 126 valence electrons. The topological polar surface area (TPSA) is 93.4 Å². The number of phenols is 3. The number of benzene rings is 2. The standard InChI is InChI=1S/C17H12N2O4S2/c20-12-4-2-1-3-11(12)9-18-19-16(23)15(25-17(19)24)8-10-5-6-13(21)14(22)7-10/h1-9,20-22H/b15-8+,18-9+. The number of thiocarbonyl (C=S) groups is 1. The van der Waals surface area contributed by atoms with Crippen LogP contribution in [0.15, 0.2) is 52.5 Å². The van der Waals surface area contributed by atoms with Crippen LogP contribution >= 0.6 is 24.0 Å². The number of phenolic OH excluding ortho intramolecular Hbond substituents is 3. The van der Waals surface area contributed by atoms with Crippen LogP contribution in [0.3, 0.4) is 0 Å². The van der Waals surface area contributed by atoms with Crippen LogP contribution in [0.2, 0.25) is 0 Å². The molecule has 1 amide bonds. The number of nitrogens with zero attached hydrogens (tertiary/aromatic N) is 2. The van der Waals surface area contributed by atoms with E-state index in [1.54, 1.807) is 30.3 Å². The summed E-state index contributed by atoms with van der Waals surface area (Å²) in [6.45, 7) is 0. The maximum absolute atomic E-state index is 12.4. The molecule has 3 N–H and O–H groups in total. The lowest BCUT2D eigenvalue weighted by atomic mass is 10.2. The zero-order chi connectivity index (χ0) is 18.0. The van der Waals surface area contributed by atoms with Gasteiger partial charge in [0, 0.05) is 5.56 Å². The Kier molecular flexibility index (Phi) is 4.73. The zero-order valence-corrected chi connectivity index (χ0v) is 14.3. The van der Waals surface area contributed by atoms with Gasteiger partial charge in [0.25, 0.3) is 5.91 Å². The number of para-hydroxylation sites is 1. The highest BCUT2D eigenvalue weighted by molar-refractivity contribution is 8.26. The van der Waals surface area contributed by atoms with Crippen LogP contribution in [0.1, 0.15) is 11.1 Å². The minimum Gasteiger partial charge on any atom is -0.507 e. The predicted molar refractivity (Wildman–Crippen MR) is 100 cm³/mol. The third kappa shape index (κ3) is 3.65. The Morgan fingerprint density at radius 2 is 1.80 bits per heavy atom. The first-order valence-corrected chi connectivity index (χ1v) is 8.30. The van der Waals surface area contributed by atoms with E-state index >= 15 is 0 Å². The molecule has 1 aliphatic heterocycles. The molecule has 0 aromatic heterocycles. The quantitative estimate of drug-likeness (QED) is 0.332. The lowest BCUT2D eigenvalue weighted by molar-refractivity contribution is -0.122. The summed E-state index contributed by atoms with van der Waals surface area (Å²) in [6, 6.07) is 10.8. The summed E-state index contributed by atoms with van der Waals surface area (Å²) in [7, 11) is 0. The molecule has 8 heteroatoms. The molecule has 1 fully saturated rings. The minimum atomic E-state index is -0.408. The van der Waals surface area contributed by atoms with Gasteiger partial charge in [0.2, 0.25) is 0 Å². The minimum absolute atomic E-state index is 0.0480. The van der Waals surface area contributed by atoms with Crippen molar-refractivity contribution in [1.29, 1.82) is 0 Å². The Morgan fingerprint density at radius 1 is 1.04 bits per heavy atom. The average Bonchev–Trinajstić information content (AvgIpc) is 2.84. The molecule has 3 rings (SSSR count). The Balaban J connectivity index is 1.83. The van der Waals surface area contributed by atoms with Gasteiger partial charge in [-0.25, -0.2) is 0 Å². The molecule has 1 aliphatic rings. The van der Waals surface area contributed by atoms with Crippen LogP contribution in [0.25, 0.3) is 6.08 Å². The molecule has 0 spiro atoms. The van der Waals surface area contributed by atoms with Crippen LogP contribution < -0.4 is 0 Å². The largest absolute Gasteiger partial charge is 0.507 e. The van der Waals surface area contributed by atoms with E-state index in [4.69, 9.17) is 12.2 Å². The fraction of sp³-hybridized carbons (Fsp3) is 0. The number of amides is 1. The van der Waals surface area contributed by atoms with Crippen LogP contribution in [0, 0.1) is 0 Å². The molecule has 25 heavy (non-hydrogen) atoms. The highest BCUT2D eigenvalue weighted by atomic mass is 32.2. The normalized spacial score (nSPS) is 16.3. The van der Waals surface area contributed by atoms with Crippen molar-refractivity contribution < 1.29 is 20.1 Å². The molecule has 0 bridgehead atoms. The van der Waals surface area contributed by atoms with Crippen molar-refractivity contribution in [1.82, 2.24) is 5.01 Å². The van der Waals surface area contributed by atoms with Crippen molar-refractivity contribution >= 4 is 46.5 Å². The summed E-state index contributed by atoms with van der Waals surface area (Å²) in [4.78, 5) is 12.8. The van der Waals surface area contributed by atoms with Crippen LogP contribution in [0.4, 0.5) is 0 Å². The van der Waals surface area contributed by atoms with E-state index < -0.39 is 5.91 Å². The number of carbonyl (C=O) groups excluding carboxylic acids is 1. The molecule has 0 radical (unpaired) electrons. The number of carbonyl (C=O) groups is 1. The highest BCUT2D eigenvalue weighted by Gasteiger charge is 2.32. The number of hydrogen-bond donors (Lipinski definition) is 3. The number of aromatic hydroxyl groups is 3. The predicted octanol–water partition coefficient (Wildman–Crippen LogP) is 3.04. The molecule has 2 aromatic rings. The molecular weight excluding hydrogens is 360 g/mol. The Morgan fingerprint density at radius 3 is 2.52 bits per heavy atom. The van der Waals surface area contributed by atoms with Gasteiger partial charge in [0.15, 0.2) is 15.8 Å². The Bertz CT molecular complexity index is 925. The van der Waals surface area contributed by atoms with Crippen molar-refractivity contribution in [2.75, 3.05) is 0 Å². The van der Waals surface area contributed by atoms with E-state index in [2.05, 4.69) is 5.10 Å². The summed E-state index contributed by atoms with van der Waals surface area (Å²) in [5.74, 6) is -0.875. The van der Waals surface area contributed by atoms with E-state index in [-0.39, 0.29) is 21.6 Å². The molecule has 0 saturated carbocycles.